The van der Waals surface area contributed by atoms with E-state index in [9.17, 15) is 4.79 Å². The third kappa shape index (κ3) is 2.87. The van der Waals surface area contributed by atoms with Crippen LogP contribution in [0.3, 0.4) is 0 Å². The Morgan fingerprint density at radius 1 is 1.35 bits per heavy atom. The SMILES string of the molecule is Br.NC1NCCC(=O)N1CCc1c[nH]c2ccccc12. The third-order valence-electron chi connectivity index (χ3n) is 3.65. The summed E-state index contributed by atoms with van der Waals surface area (Å²) < 4.78 is 0. The van der Waals surface area contributed by atoms with E-state index in [1.807, 2.05) is 18.3 Å². The molecule has 4 N–H and O–H groups in total. The Kier molecular flexibility index (Phi) is 4.80. The Labute approximate surface area is 128 Å². The van der Waals surface area contributed by atoms with E-state index in [0.717, 1.165) is 11.9 Å². The topological polar surface area (TPSA) is 74.2 Å². The van der Waals surface area contributed by atoms with Crippen LogP contribution in [0.15, 0.2) is 30.5 Å². The molecular weight excluding hydrogens is 320 g/mol. The molecule has 1 aliphatic heterocycles. The molecular formula is C14H19BrN4O. The maximum Gasteiger partial charge on any atom is 0.226 e. The Balaban J connectivity index is 0.00000147. The Hall–Kier alpha value is -1.37. The quantitative estimate of drug-likeness (QED) is 0.790. The van der Waals surface area contributed by atoms with E-state index in [1.54, 1.807) is 4.90 Å². The molecule has 1 aliphatic rings. The molecule has 20 heavy (non-hydrogen) atoms. The maximum atomic E-state index is 11.8. The maximum absolute atomic E-state index is 11.8. The standard InChI is InChI=1S/C14H18N4O.BrH/c15-14-16-7-5-13(19)18(14)8-6-10-9-17-12-4-2-1-3-11(10)12;/h1-4,9,14,16-17H,5-8,15H2;1H. The van der Waals surface area contributed by atoms with Gasteiger partial charge >= 0.3 is 0 Å². The van der Waals surface area contributed by atoms with Gasteiger partial charge in [0.15, 0.2) is 0 Å². The summed E-state index contributed by atoms with van der Waals surface area (Å²) in [5, 5.41) is 4.32. The first-order chi connectivity index (χ1) is 9.25. The number of para-hydroxylation sites is 1. The second-order valence-corrected chi connectivity index (χ2v) is 4.85. The molecule has 1 unspecified atom stereocenters. The number of carbonyl (C=O) groups is 1. The van der Waals surface area contributed by atoms with E-state index in [4.69, 9.17) is 5.73 Å². The van der Waals surface area contributed by atoms with Crippen molar-refractivity contribution < 1.29 is 4.79 Å². The van der Waals surface area contributed by atoms with E-state index < -0.39 is 0 Å². The monoisotopic (exact) mass is 338 g/mol. The highest BCUT2D eigenvalue weighted by molar-refractivity contribution is 8.93. The van der Waals surface area contributed by atoms with E-state index in [0.29, 0.717) is 19.5 Å². The minimum atomic E-state index is -0.355. The molecule has 1 saturated heterocycles. The summed E-state index contributed by atoms with van der Waals surface area (Å²) in [6, 6.07) is 8.19. The van der Waals surface area contributed by atoms with Crippen molar-refractivity contribution in [2.75, 3.05) is 13.1 Å². The molecule has 1 atom stereocenters. The van der Waals surface area contributed by atoms with Crippen LogP contribution in [0.2, 0.25) is 0 Å². The van der Waals surface area contributed by atoms with Crippen LogP contribution in [-0.2, 0) is 11.2 Å². The number of aromatic nitrogens is 1. The number of aromatic amines is 1. The lowest BCUT2D eigenvalue weighted by molar-refractivity contribution is -0.136. The smallest absolute Gasteiger partial charge is 0.226 e. The van der Waals surface area contributed by atoms with Crippen molar-refractivity contribution in [3.63, 3.8) is 0 Å². The highest BCUT2D eigenvalue weighted by atomic mass is 79.9. The number of amides is 1. The van der Waals surface area contributed by atoms with Crippen LogP contribution in [0, 0.1) is 0 Å². The lowest BCUT2D eigenvalue weighted by atomic mass is 10.1. The van der Waals surface area contributed by atoms with E-state index in [2.05, 4.69) is 22.4 Å². The fourth-order valence-corrected chi connectivity index (χ4v) is 2.58. The molecule has 108 valence electrons. The first-order valence-corrected chi connectivity index (χ1v) is 6.59. The van der Waals surface area contributed by atoms with Gasteiger partial charge in [-0.05, 0) is 18.1 Å². The summed E-state index contributed by atoms with van der Waals surface area (Å²) in [5.74, 6) is 0.131. The summed E-state index contributed by atoms with van der Waals surface area (Å²) in [6.07, 6.45) is 3.00. The van der Waals surface area contributed by atoms with Gasteiger partial charge in [0.2, 0.25) is 5.91 Å². The molecule has 1 amide bonds. The third-order valence-corrected chi connectivity index (χ3v) is 3.65. The molecule has 6 heteroatoms. The number of nitrogens with two attached hydrogens (primary N) is 1. The zero-order chi connectivity index (χ0) is 13.2. The van der Waals surface area contributed by atoms with Crippen molar-refractivity contribution in [1.29, 1.82) is 0 Å². The number of nitrogens with zero attached hydrogens (tertiary/aromatic N) is 1. The van der Waals surface area contributed by atoms with Crippen LogP contribution in [-0.4, -0.2) is 35.2 Å². The minimum Gasteiger partial charge on any atom is -0.361 e. The summed E-state index contributed by atoms with van der Waals surface area (Å²) in [6.45, 7) is 1.32. The lowest BCUT2D eigenvalue weighted by Gasteiger charge is -2.33. The van der Waals surface area contributed by atoms with Gasteiger partial charge in [0.05, 0.1) is 0 Å². The van der Waals surface area contributed by atoms with Gasteiger partial charge in [0.1, 0.15) is 6.29 Å². The van der Waals surface area contributed by atoms with Crippen LogP contribution in [0.25, 0.3) is 10.9 Å². The van der Waals surface area contributed by atoms with Gasteiger partial charge in [0.25, 0.3) is 0 Å². The first-order valence-electron chi connectivity index (χ1n) is 6.59. The Bertz CT molecular complexity index is 598. The van der Waals surface area contributed by atoms with E-state index in [-0.39, 0.29) is 29.2 Å². The van der Waals surface area contributed by atoms with Gasteiger partial charge < -0.3 is 9.88 Å². The van der Waals surface area contributed by atoms with Crippen molar-refractivity contribution in [1.82, 2.24) is 15.2 Å². The highest BCUT2D eigenvalue weighted by Crippen LogP contribution is 2.18. The zero-order valence-corrected chi connectivity index (χ0v) is 12.8. The first kappa shape index (κ1) is 15.0. The summed E-state index contributed by atoms with van der Waals surface area (Å²) >= 11 is 0. The van der Waals surface area contributed by atoms with Gasteiger partial charge in [-0.1, -0.05) is 18.2 Å². The summed E-state index contributed by atoms with van der Waals surface area (Å²) in [7, 11) is 0. The molecule has 0 saturated carbocycles. The van der Waals surface area contributed by atoms with Crippen LogP contribution < -0.4 is 11.1 Å². The second-order valence-electron chi connectivity index (χ2n) is 4.85. The number of rotatable bonds is 3. The fourth-order valence-electron chi connectivity index (χ4n) is 2.58. The molecule has 3 rings (SSSR count). The molecule has 1 aromatic carbocycles. The summed E-state index contributed by atoms with van der Waals surface area (Å²) in [4.78, 5) is 16.8. The number of halogens is 1. The van der Waals surface area contributed by atoms with Crippen molar-refractivity contribution in [3.8, 4) is 0 Å². The largest absolute Gasteiger partial charge is 0.361 e. The number of hydrogen-bond acceptors (Lipinski definition) is 3. The molecule has 1 aromatic heterocycles. The van der Waals surface area contributed by atoms with Crippen LogP contribution in [0.5, 0.6) is 0 Å². The van der Waals surface area contributed by atoms with Crippen molar-refractivity contribution >= 4 is 33.8 Å². The van der Waals surface area contributed by atoms with Crippen molar-refractivity contribution in [3.05, 3.63) is 36.0 Å². The Morgan fingerprint density at radius 2 is 2.15 bits per heavy atom. The van der Waals surface area contributed by atoms with Gasteiger partial charge in [-0.25, -0.2) is 0 Å². The minimum absolute atomic E-state index is 0. The molecule has 0 spiro atoms. The molecule has 0 aliphatic carbocycles. The van der Waals surface area contributed by atoms with Crippen LogP contribution in [0.1, 0.15) is 12.0 Å². The number of H-pyrrole nitrogens is 1. The molecule has 0 radical (unpaired) electrons. The summed E-state index contributed by atoms with van der Waals surface area (Å²) in [5.41, 5.74) is 8.26. The van der Waals surface area contributed by atoms with Crippen LogP contribution >= 0.6 is 17.0 Å². The number of nitrogens with one attached hydrogen (secondary N) is 2. The second kappa shape index (κ2) is 6.39. The van der Waals surface area contributed by atoms with Gasteiger partial charge in [-0.2, -0.15) is 0 Å². The van der Waals surface area contributed by atoms with Gasteiger partial charge in [-0.3, -0.25) is 15.8 Å². The molecule has 0 bridgehead atoms. The van der Waals surface area contributed by atoms with Gasteiger partial charge in [-0.15, -0.1) is 17.0 Å². The number of benzene rings is 1. The lowest BCUT2D eigenvalue weighted by Crippen LogP contribution is -2.59. The molecule has 2 heterocycles. The zero-order valence-electron chi connectivity index (χ0n) is 11.1. The predicted octanol–water partition coefficient (Wildman–Crippen LogP) is 1.35. The predicted molar refractivity (Wildman–Crippen MR) is 84.6 cm³/mol. The number of carbonyl (C=O) groups excluding carboxylic acids is 1. The average molecular weight is 339 g/mol. The number of hydrogen-bond donors (Lipinski definition) is 3. The average Bonchev–Trinajstić information content (AvgIpc) is 2.82. The van der Waals surface area contributed by atoms with Crippen LogP contribution in [0.4, 0.5) is 0 Å². The molecule has 5 nitrogen and oxygen atoms in total. The normalized spacial score (nSPS) is 19.1. The number of fused-ring (bicyclic) bond motifs is 1. The Morgan fingerprint density at radius 3 is 2.95 bits per heavy atom. The fraction of sp³-hybridized carbons (Fsp3) is 0.357. The van der Waals surface area contributed by atoms with E-state index in [1.165, 1.54) is 10.9 Å². The molecule has 2 aromatic rings. The van der Waals surface area contributed by atoms with Crippen molar-refractivity contribution in [2.24, 2.45) is 5.73 Å². The van der Waals surface area contributed by atoms with Gasteiger partial charge in [0, 0.05) is 36.6 Å². The van der Waals surface area contributed by atoms with Crippen molar-refractivity contribution in [2.45, 2.75) is 19.1 Å². The van der Waals surface area contributed by atoms with E-state index >= 15 is 0 Å². The highest BCUT2D eigenvalue weighted by Gasteiger charge is 2.24. The molecule has 1 fully saturated rings.